The van der Waals surface area contributed by atoms with Crippen molar-refractivity contribution in [2.45, 2.75) is 6.92 Å². The van der Waals surface area contributed by atoms with Crippen LogP contribution in [0.15, 0.2) is 6.07 Å². The van der Waals surface area contributed by atoms with Gasteiger partial charge in [-0.3, -0.25) is 9.52 Å². The van der Waals surface area contributed by atoms with E-state index in [0.717, 1.165) is 6.07 Å². The number of hydrogen-bond acceptors (Lipinski definition) is 6. The van der Waals surface area contributed by atoms with Crippen LogP contribution in [0.4, 0.5) is 5.82 Å². The molecule has 0 aliphatic heterocycles. The zero-order chi connectivity index (χ0) is 13.8. The highest BCUT2D eigenvalue weighted by Gasteiger charge is 2.18. The molecule has 0 amide bonds. The molecule has 7 nitrogen and oxygen atoms in total. The van der Waals surface area contributed by atoms with Crippen LogP contribution in [0.2, 0.25) is 10.4 Å². The minimum Gasteiger partial charge on any atom is -0.465 e. The van der Waals surface area contributed by atoms with Gasteiger partial charge in [-0.2, -0.15) is 4.98 Å². The zero-order valence-corrected chi connectivity index (χ0v) is 11.5. The van der Waals surface area contributed by atoms with E-state index in [1.54, 1.807) is 6.92 Å². The van der Waals surface area contributed by atoms with E-state index in [1.807, 2.05) is 4.72 Å². The second-order valence-corrected chi connectivity index (χ2v) is 5.46. The zero-order valence-electron chi connectivity index (χ0n) is 9.18. The van der Waals surface area contributed by atoms with E-state index in [9.17, 15) is 13.2 Å². The molecule has 0 spiro atoms. The summed E-state index contributed by atoms with van der Waals surface area (Å²) in [5.41, 5.74) is 0. The molecule has 0 aromatic carbocycles. The Labute approximate surface area is 114 Å². The van der Waals surface area contributed by atoms with Gasteiger partial charge in [-0.15, -0.1) is 0 Å². The van der Waals surface area contributed by atoms with Crippen LogP contribution >= 0.6 is 23.2 Å². The first-order chi connectivity index (χ1) is 8.32. The van der Waals surface area contributed by atoms with Crippen molar-refractivity contribution < 1.29 is 17.9 Å². The third-order valence-electron chi connectivity index (χ3n) is 1.54. The van der Waals surface area contributed by atoms with E-state index in [0.29, 0.717) is 0 Å². The van der Waals surface area contributed by atoms with Crippen molar-refractivity contribution in [2.75, 3.05) is 17.1 Å². The predicted molar refractivity (Wildman–Crippen MR) is 66.1 cm³/mol. The second kappa shape index (κ2) is 6.17. The second-order valence-electron chi connectivity index (χ2n) is 3.01. The molecule has 100 valence electrons. The highest BCUT2D eigenvalue weighted by atomic mass is 35.5. The summed E-state index contributed by atoms with van der Waals surface area (Å²) in [6.45, 7) is 1.67. The molecule has 1 rings (SSSR count). The summed E-state index contributed by atoms with van der Waals surface area (Å²) >= 11 is 11.1. The molecule has 0 saturated heterocycles. The summed E-state index contributed by atoms with van der Waals surface area (Å²) in [7, 11) is -3.92. The lowest BCUT2D eigenvalue weighted by Crippen LogP contribution is -2.24. The minimum absolute atomic E-state index is 0.0242. The number of aromatic nitrogens is 2. The molecule has 1 aromatic heterocycles. The Kier molecular flexibility index (Phi) is 5.12. The molecular weight excluding hydrogens is 305 g/mol. The molecule has 1 N–H and O–H groups in total. The standard InChI is InChI=1S/C8H9Cl2N3O4S/c1-2-17-7(14)4-18(15,16)13-6-3-5(9)11-8(10)12-6/h3H,2,4H2,1H3,(H,11,12,13). The van der Waals surface area contributed by atoms with Crippen molar-refractivity contribution in [3.8, 4) is 0 Å². The number of rotatable bonds is 5. The molecule has 0 aliphatic carbocycles. The normalized spacial score (nSPS) is 11.1. The lowest BCUT2D eigenvalue weighted by Gasteiger charge is -2.07. The SMILES string of the molecule is CCOC(=O)CS(=O)(=O)Nc1cc(Cl)nc(Cl)n1. The first kappa shape index (κ1) is 14.9. The molecule has 0 radical (unpaired) electrons. The summed E-state index contributed by atoms with van der Waals surface area (Å²) in [6, 6.07) is 1.16. The van der Waals surface area contributed by atoms with E-state index in [-0.39, 0.29) is 22.9 Å². The molecule has 0 unspecified atom stereocenters. The van der Waals surface area contributed by atoms with Crippen molar-refractivity contribution in [2.24, 2.45) is 0 Å². The summed E-state index contributed by atoms with van der Waals surface area (Å²) in [6.07, 6.45) is 0. The average molecular weight is 314 g/mol. The average Bonchev–Trinajstić information content (AvgIpc) is 2.13. The van der Waals surface area contributed by atoms with E-state index in [2.05, 4.69) is 14.7 Å². The van der Waals surface area contributed by atoms with Crippen LogP contribution in [-0.2, 0) is 19.6 Å². The number of esters is 1. The lowest BCUT2D eigenvalue weighted by atomic mass is 10.6. The summed E-state index contributed by atoms with van der Waals surface area (Å²) in [5.74, 6) is -1.80. The topological polar surface area (TPSA) is 98.2 Å². The molecule has 0 aliphatic rings. The lowest BCUT2D eigenvalue weighted by molar-refractivity contribution is -0.139. The van der Waals surface area contributed by atoms with Gasteiger partial charge < -0.3 is 4.74 Å². The Bertz CT molecular complexity index is 529. The van der Waals surface area contributed by atoms with Gasteiger partial charge >= 0.3 is 5.97 Å². The van der Waals surface area contributed by atoms with Gasteiger partial charge in [-0.1, -0.05) is 11.6 Å². The van der Waals surface area contributed by atoms with Gasteiger partial charge in [0, 0.05) is 6.07 Å². The molecule has 18 heavy (non-hydrogen) atoms. The van der Waals surface area contributed by atoms with Gasteiger partial charge in [0.25, 0.3) is 0 Å². The number of hydrogen-bond donors (Lipinski definition) is 1. The number of ether oxygens (including phenoxy) is 1. The van der Waals surface area contributed by atoms with E-state index < -0.39 is 21.7 Å². The maximum atomic E-state index is 11.5. The summed E-state index contributed by atoms with van der Waals surface area (Å²) in [4.78, 5) is 18.2. The predicted octanol–water partition coefficient (Wildman–Crippen LogP) is 1.09. The quantitative estimate of drug-likeness (QED) is 0.496. The molecule has 0 saturated carbocycles. The number of carbonyl (C=O) groups is 1. The molecule has 0 atom stereocenters. The fourth-order valence-electron chi connectivity index (χ4n) is 0.995. The Morgan fingerprint density at radius 3 is 2.67 bits per heavy atom. The van der Waals surface area contributed by atoms with Gasteiger partial charge in [-0.25, -0.2) is 13.4 Å². The highest BCUT2D eigenvalue weighted by Crippen LogP contribution is 2.15. The maximum Gasteiger partial charge on any atom is 0.323 e. The first-order valence-corrected chi connectivity index (χ1v) is 7.09. The van der Waals surface area contributed by atoms with Crippen LogP contribution in [-0.4, -0.2) is 36.7 Å². The Balaban J connectivity index is 2.79. The molecule has 0 fully saturated rings. The smallest absolute Gasteiger partial charge is 0.323 e. The van der Waals surface area contributed by atoms with Gasteiger partial charge in [0.2, 0.25) is 15.3 Å². The third-order valence-corrected chi connectivity index (χ3v) is 3.04. The van der Waals surface area contributed by atoms with Crippen molar-refractivity contribution in [3.63, 3.8) is 0 Å². The molecule has 1 aromatic rings. The number of anilines is 1. The fourth-order valence-corrected chi connectivity index (χ4v) is 2.29. The van der Waals surface area contributed by atoms with Gasteiger partial charge in [0.1, 0.15) is 11.0 Å². The van der Waals surface area contributed by atoms with Crippen molar-refractivity contribution in [1.82, 2.24) is 9.97 Å². The maximum absolute atomic E-state index is 11.5. The molecular formula is C8H9Cl2N3O4S. The monoisotopic (exact) mass is 313 g/mol. The van der Waals surface area contributed by atoms with Crippen LogP contribution in [0.1, 0.15) is 6.92 Å². The molecule has 1 heterocycles. The Morgan fingerprint density at radius 1 is 1.44 bits per heavy atom. The van der Waals surface area contributed by atoms with Gasteiger partial charge in [0.15, 0.2) is 5.75 Å². The molecule has 10 heteroatoms. The number of carbonyl (C=O) groups excluding carboxylic acids is 1. The van der Waals surface area contributed by atoms with E-state index >= 15 is 0 Å². The van der Waals surface area contributed by atoms with Crippen molar-refractivity contribution in [1.29, 1.82) is 0 Å². The van der Waals surface area contributed by atoms with Crippen LogP contribution < -0.4 is 4.72 Å². The highest BCUT2D eigenvalue weighted by molar-refractivity contribution is 7.93. The number of sulfonamides is 1. The number of nitrogens with one attached hydrogen (secondary N) is 1. The number of nitrogens with zero attached hydrogens (tertiary/aromatic N) is 2. The first-order valence-electron chi connectivity index (χ1n) is 4.68. The van der Waals surface area contributed by atoms with E-state index in [1.165, 1.54) is 0 Å². The fraction of sp³-hybridized carbons (Fsp3) is 0.375. The van der Waals surface area contributed by atoms with Crippen LogP contribution in [0.25, 0.3) is 0 Å². The minimum atomic E-state index is -3.92. The van der Waals surface area contributed by atoms with Crippen LogP contribution in [0.3, 0.4) is 0 Å². The van der Waals surface area contributed by atoms with Crippen LogP contribution in [0.5, 0.6) is 0 Å². The largest absolute Gasteiger partial charge is 0.465 e. The van der Waals surface area contributed by atoms with Gasteiger partial charge in [-0.05, 0) is 18.5 Å². The number of halogens is 2. The summed E-state index contributed by atoms with van der Waals surface area (Å²) in [5, 5.41) is -0.236. The Morgan fingerprint density at radius 2 is 2.11 bits per heavy atom. The van der Waals surface area contributed by atoms with Gasteiger partial charge in [0.05, 0.1) is 6.61 Å². The van der Waals surface area contributed by atoms with Crippen LogP contribution in [0, 0.1) is 0 Å². The van der Waals surface area contributed by atoms with Crippen molar-refractivity contribution >= 4 is 45.0 Å². The Hall–Kier alpha value is -1.12. The van der Waals surface area contributed by atoms with E-state index in [4.69, 9.17) is 23.2 Å². The molecule has 0 bridgehead atoms. The van der Waals surface area contributed by atoms with Crippen molar-refractivity contribution in [3.05, 3.63) is 16.5 Å². The third kappa shape index (κ3) is 5.03. The summed E-state index contributed by atoms with van der Waals surface area (Å²) < 4.78 is 29.7.